The Morgan fingerprint density at radius 1 is 1.12 bits per heavy atom. The molecule has 2 aromatic carbocycles. The molecule has 6 heteroatoms. The van der Waals surface area contributed by atoms with Crippen LogP contribution in [0.15, 0.2) is 42.5 Å². The van der Waals surface area contributed by atoms with Crippen LogP contribution in [-0.2, 0) is 4.79 Å². The van der Waals surface area contributed by atoms with Crippen LogP contribution in [0.25, 0.3) is 0 Å². The van der Waals surface area contributed by atoms with E-state index in [9.17, 15) is 4.79 Å². The van der Waals surface area contributed by atoms with Gasteiger partial charge in [0, 0.05) is 22.3 Å². The number of hydrogen-bond acceptors (Lipinski definition) is 3. The van der Waals surface area contributed by atoms with Gasteiger partial charge in [0.05, 0.1) is 6.54 Å². The second-order valence-electron chi connectivity index (χ2n) is 5.55. The third kappa shape index (κ3) is 6.04. The Balaban J connectivity index is 1.75. The monoisotopic (exact) mass is 366 g/mol. The smallest absolute Gasteiger partial charge is 0.238 e. The van der Waals surface area contributed by atoms with Gasteiger partial charge in [0.2, 0.25) is 5.91 Å². The number of benzene rings is 2. The first kappa shape index (κ1) is 18.6. The van der Waals surface area contributed by atoms with E-state index in [1.807, 2.05) is 37.1 Å². The highest BCUT2D eigenvalue weighted by Crippen LogP contribution is 2.20. The molecule has 0 bridgehead atoms. The van der Waals surface area contributed by atoms with Gasteiger partial charge in [0.15, 0.2) is 0 Å². The minimum absolute atomic E-state index is 0.0886. The van der Waals surface area contributed by atoms with Gasteiger partial charge in [-0.1, -0.05) is 29.3 Å². The lowest BCUT2D eigenvalue weighted by Gasteiger charge is -2.17. The number of hydrogen-bond donors (Lipinski definition) is 1. The molecule has 0 aliphatic carbocycles. The fourth-order valence-corrected chi connectivity index (χ4v) is 2.39. The van der Waals surface area contributed by atoms with Crippen LogP contribution in [0.1, 0.15) is 5.56 Å². The molecule has 24 heavy (non-hydrogen) atoms. The van der Waals surface area contributed by atoms with Crippen LogP contribution in [0, 0.1) is 6.92 Å². The predicted molar refractivity (Wildman–Crippen MR) is 99.3 cm³/mol. The first-order valence-corrected chi connectivity index (χ1v) is 8.32. The van der Waals surface area contributed by atoms with Gasteiger partial charge < -0.3 is 10.1 Å². The topological polar surface area (TPSA) is 41.6 Å². The van der Waals surface area contributed by atoms with Crippen molar-refractivity contribution in [1.29, 1.82) is 0 Å². The molecule has 0 heterocycles. The van der Waals surface area contributed by atoms with Gasteiger partial charge in [-0.25, -0.2) is 0 Å². The molecule has 1 amide bonds. The van der Waals surface area contributed by atoms with Crippen LogP contribution in [-0.4, -0.2) is 37.6 Å². The summed E-state index contributed by atoms with van der Waals surface area (Å²) in [6, 6.07) is 12.6. The zero-order valence-corrected chi connectivity index (χ0v) is 15.2. The van der Waals surface area contributed by atoms with Crippen LogP contribution in [0.4, 0.5) is 5.69 Å². The van der Waals surface area contributed by atoms with E-state index in [2.05, 4.69) is 5.32 Å². The summed E-state index contributed by atoms with van der Waals surface area (Å²) in [5.74, 6) is 0.668. The summed E-state index contributed by atoms with van der Waals surface area (Å²) < 4.78 is 5.62. The molecule has 0 aromatic heterocycles. The summed E-state index contributed by atoms with van der Waals surface area (Å²) in [6.45, 7) is 3.32. The Morgan fingerprint density at radius 3 is 2.50 bits per heavy atom. The molecule has 0 atom stereocenters. The second kappa shape index (κ2) is 8.92. The SMILES string of the molecule is Cc1ccc(Cl)cc1NC(=O)CN(C)CCOc1ccc(Cl)cc1. The summed E-state index contributed by atoms with van der Waals surface area (Å²) >= 11 is 11.8. The van der Waals surface area contributed by atoms with Gasteiger partial charge >= 0.3 is 0 Å². The Morgan fingerprint density at radius 2 is 1.79 bits per heavy atom. The number of rotatable bonds is 7. The van der Waals surface area contributed by atoms with Gasteiger partial charge in [-0.2, -0.15) is 0 Å². The first-order valence-electron chi connectivity index (χ1n) is 7.57. The average molecular weight is 367 g/mol. The first-order chi connectivity index (χ1) is 11.4. The molecule has 0 unspecified atom stereocenters. The highest BCUT2D eigenvalue weighted by Gasteiger charge is 2.09. The average Bonchev–Trinajstić information content (AvgIpc) is 2.53. The van der Waals surface area contributed by atoms with Crippen molar-refractivity contribution in [2.24, 2.45) is 0 Å². The standard InChI is InChI=1S/C18H20Cl2N2O2/c1-13-3-4-15(20)11-17(13)21-18(23)12-22(2)9-10-24-16-7-5-14(19)6-8-16/h3-8,11H,9-10,12H2,1-2H3,(H,21,23). The van der Waals surface area contributed by atoms with Gasteiger partial charge in [0.25, 0.3) is 0 Å². The van der Waals surface area contributed by atoms with E-state index in [0.717, 1.165) is 17.0 Å². The number of halogens is 2. The van der Waals surface area contributed by atoms with Crippen LogP contribution in [0.2, 0.25) is 10.0 Å². The maximum Gasteiger partial charge on any atom is 0.238 e. The highest BCUT2D eigenvalue weighted by atomic mass is 35.5. The molecule has 2 aromatic rings. The van der Waals surface area contributed by atoms with Gasteiger partial charge in [-0.05, 0) is 55.9 Å². The molecule has 2 rings (SSSR count). The second-order valence-corrected chi connectivity index (χ2v) is 6.42. The fraction of sp³-hybridized carbons (Fsp3) is 0.278. The van der Waals surface area contributed by atoms with E-state index in [1.165, 1.54) is 0 Å². The summed E-state index contributed by atoms with van der Waals surface area (Å²) in [6.07, 6.45) is 0. The third-order valence-electron chi connectivity index (χ3n) is 3.44. The molecule has 128 valence electrons. The summed E-state index contributed by atoms with van der Waals surface area (Å²) in [5, 5.41) is 4.15. The van der Waals surface area contributed by atoms with E-state index in [1.54, 1.807) is 24.3 Å². The van der Waals surface area contributed by atoms with Crippen LogP contribution < -0.4 is 10.1 Å². The maximum atomic E-state index is 12.1. The molecule has 0 aliphatic rings. The number of amides is 1. The lowest BCUT2D eigenvalue weighted by atomic mass is 10.2. The van der Waals surface area contributed by atoms with Gasteiger partial charge in [-0.3, -0.25) is 9.69 Å². The van der Waals surface area contributed by atoms with Gasteiger partial charge in [0.1, 0.15) is 12.4 Å². The number of aryl methyl sites for hydroxylation is 1. The zero-order valence-electron chi connectivity index (χ0n) is 13.7. The number of nitrogens with zero attached hydrogens (tertiary/aromatic N) is 1. The molecule has 4 nitrogen and oxygen atoms in total. The lowest BCUT2D eigenvalue weighted by Crippen LogP contribution is -2.33. The molecule has 0 saturated carbocycles. The van der Waals surface area contributed by atoms with Gasteiger partial charge in [-0.15, -0.1) is 0 Å². The molecule has 0 saturated heterocycles. The number of likely N-dealkylation sites (N-methyl/N-ethyl adjacent to an activating group) is 1. The predicted octanol–water partition coefficient (Wildman–Crippen LogP) is 4.25. The minimum atomic E-state index is -0.0886. The van der Waals surface area contributed by atoms with Crippen molar-refractivity contribution in [3.05, 3.63) is 58.1 Å². The largest absolute Gasteiger partial charge is 0.492 e. The number of carbonyl (C=O) groups is 1. The summed E-state index contributed by atoms with van der Waals surface area (Å²) in [4.78, 5) is 14.0. The Hall–Kier alpha value is -1.75. The Kier molecular flexibility index (Phi) is 6.91. The van der Waals surface area contributed by atoms with Crippen molar-refractivity contribution in [3.63, 3.8) is 0 Å². The molecule has 0 aliphatic heterocycles. The Bertz CT molecular complexity index is 690. The highest BCUT2D eigenvalue weighted by molar-refractivity contribution is 6.31. The van der Waals surface area contributed by atoms with Crippen molar-refractivity contribution in [2.45, 2.75) is 6.92 Å². The number of anilines is 1. The quantitative estimate of drug-likeness (QED) is 0.796. The van der Waals surface area contributed by atoms with Crippen LogP contribution in [0.3, 0.4) is 0 Å². The van der Waals surface area contributed by atoms with E-state index in [-0.39, 0.29) is 12.5 Å². The molecule has 0 fully saturated rings. The maximum absolute atomic E-state index is 12.1. The molecule has 1 N–H and O–H groups in total. The van der Waals surface area contributed by atoms with Crippen molar-refractivity contribution in [1.82, 2.24) is 4.90 Å². The summed E-state index contributed by atoms with van der Waals surface area (Å²) in [5.41, 5.74) is 1.71. The number of nitrogens with one attached hydrogen (secondary N) is 1. The number of carbonyl (C=O) groups excluding carboxylic acids is 1. The van der Waals surface area contributed by atoms with E-state index in [0.29, 0.717) is 23.2 Å². The normalized spacial score (nSPS) is 10.7. The lowest BCUT2D eigenvalue weighted by molar-refractivity contribution is -0.117. The van der Waals surface area contributed by atoms with E-state index < -0.39 is 0 Å². The van der Waals surface area contributed by atoms with Crippen LogP contribution in [0.5, 0.6) is 5.75 Å². The van der Waals surface area contributed by atoms with Crippen molar-refractivity contribution in [3.8, 4) is 5.75 Å². The molecule has 0 spiro atoms. The van der Waals surface area contributed by atoms with E-state index >= 15 is 0 Å². The van der Waals surface area contributed by atoms with E-state index in [4.69, 9.17) is 27.9 Å². The minimum Gasteiger partial charge on any atom is -0.492 e. The zero-order chi connectivity index (χ0) is 17.5. The molecular weight excluding hydrogens is 347 g/mol. The van der Waals surface area contributed by atoms with Crippen LogP contribution >= 0.6 is 23.2 Å². The summed E-state index contributed by atoms with van der Waals surface area (Å²) in [7, 11) is 1.87. The Labute approximate surface area is 152 Å². The molecular formula is C18H20Cl2N2O2. The number of ether oxygens (including phenoxy) is 1. The van der Waals surface area contributed by atoms with Crippen molar-refractivity contribution in [2.75, 3.05) is 32.1 Å². The molecule has 0 radical (unpaired) electrons. The third-order valence-corrected chi connectivity index (χ3v) is 3.93. The van der Waals surface area contributed by atoms with Crippen molar-refractivity contribution < 1.29 is 9.53 Å². The fourth-order valence-electron chi connectivity index (χ4n) is 2.09. The van der Waals surface area contributed by atoms with Crippen molar-refractivity contribution >= 4 is 34.8 Å².